The molecule has 10 atom stereocenters. The molecule has 1 spiro atoms. The molecule has 3 rings (SSSR count). The minimum absolute atomic E-state index is 0.0768. The van der Waals surface area contributed by atoms with E-state index in [4.69, 9.17) is 23.8 Å². The van der Waals surface area contributed by atoms with Gasteiger partial charge in [-0.2, -0.15) is 0 Å². The van der Waals surface area contributed by atoms with Crippen LogP contribution in [0.25, 0.3) is 0 Å². The fourth-order valence-corrected chi connectivity index (χ4v) is 7.22. The van der Waals surface area contributed by atoms with Crippen LogP contribution in [0.15, 0.2) is 60.8 Å². The quantitative estimate of drug-likeness (QED) is 0.0356. The van der Waals surface area contributed by atoms with Gasteiger partial charge in [0.1, 0.15) is 12.2 Å². The average molecular weight is 633 g/mol. The smallest absolute Gasteiger partial charge is 0.331 e. The molecule has 0 bridgehead atoms. The number of hydrogen-bond donors (Lipinski definition) is 3. The summed E-state index contributed by atoms with van der Waals surface area (Å²) in [5.41, 5.74) is -2.06. The lowest BCUT2D eigenvalue weighted by Crippen LogP contribution is -2.68. The van der Waals surface area contributed by atoms with Crippen molar-refractivity contribution in [1.29, 1.82) is 0 Å². The maximum absolute atomic E-state index is 12.9. The monoisotopic (exact) mass is 632 g/mol. The zero-order chi connectivity index (χ0) is 33.5. The molecule has 11 nitrogen and oxygen atoms in total. The van der Waals surface area contributed by atoms with E-state index in [1.165, 1.54) is 32.1 Å². The summed E-state index contributed by atoms with van der Waals surface area (Å²) in [6.45, 7) is 15.7. The molecule has 0 amide bonds. The van der Waals surface area contributed by atoms with Gasteiger partial charge in [0.15, 0.2) is 0 Å². The minimum atomic E-state index is -1.62. The van der Waals surface area contributed by atoms with Crippen LogP contribution in [-0.2, 0) is 38.2 Å². The van der Waals surface area contributed by atoms with E-state index in [1.54, 1.807) is 19.1 Å². The normalized spacial score (nSPS) is 34.8. The van der Waals surface area contributed by atoms with Crippen LogP contribution in [0.1, 0.15) is 73.1 Å². The van der Waals surface area contributed by atoms with Crippen molar-refractivity contribution in [2.24, 2.45) is 22.7 Å². The minimum Gasteiger partial charge on any atom is -0.455 e. The summed E-state index contributed by atoms with van der Waals surface area (Å²) in [7, 11) is 0. The van der Waals surface area contributed by atoms with E-state index in [-0.39, 0.29) is 18.4 Å². The Labute approximate surface area is 265 Å². The molecule has 0 aromatic carbocycles. The van der Waals surface area contributed by atoms with E-state index >= 15 is 0 Å². The number of carbonyl (C=O) groups excluding carboxylic acids is 3. The predicted molar refractivity (Wildman–Crippen MR) is 164 cm³/mol. The number of ether oxygens (including phenoxy) is 4. The van der Waals surface area contributed by atoms with Gasteiger partial charge >= 0.3 is 17.9 Å². The van der Waals surface area contributed by atoms with Crippen molar-refractivity contribution in [1.82, 2.24) is 0 Å². The van der Waals surface area contributed by atoms with Gasteiger partial charge in [-0.05, 0) is 54.6 Å². The second-order valence-electron chi connectivity index (χ2n) is 12.4. The number of carbonyl (C=O) groups is 3. The number of aliphatic hydroxyl groups excluding tert-OH is 2. The van der Waals surface area contributed by atoms with Gasteiger partial charge in [0.2, 0.25) is 12.6 Å². The molecule has 2 fully saturated rings. The maximum Gasteiger partial charge on any atom is 0.331 e. The maximum atomic E-state index is 12.9. The van der Waals surface area contributed by atoms with Gasteiger partial charge in [-0.1, -0.05) is 71.1 Å². The SMILES string of the molecule is C=CC(=C)[C@@H](C[C@]1(C)[C@H](C)[C@@H](O)[C@H](O)[C@@]23C(=C[C@H](OC(=O)/C=C\C=C\CCCCC)C[C@@H]12)[C@@H](OC(C)=O)O[C@H]3OC(C)=O)OO. The first-order valence-electron chi connectivity index (χ1n) is 15.5. The summed E-state index contributed by atoms with van der Waals surface area (Å²) in [6.07, 6.45) is 6.37. The molecule has 11 heteroatoms. The van der Waals surface area contributed by atoms with Crippen LogP contribution in [-0.4, -0.2) is 70.4 Å². The molecule has 1 heterocycles. The van der Waals surface area contributed by atoms with Crippen LogP contribution >= 0.6 is 0 Å². The van der Waals surface area contributed by atoms with Crippen molar-refractivity contribution < 1.29 is 53.7 Å². The van der Waals surface area contributed by atoms with Gasteiger partial charge < -0.3 is 24.4 Å². The fraction of sp³-hybridized carbons (Fsp3) is 0.618. The van der Waals surface area contributed by atoms with Gasteiger partial charge in [-0.3, -0.25) is 19.6 Å². The standard InChI is InChI=1S/C34H48O11/c1-8-10-11-12-13-14-15-16-28(37)43-24-17-25-31(41-22(5)35)44-32(42-23(6)36)34(25)27(18-24)33(7,21(4)29(38)30(34)39)19-26(45-40)20(3)9-2/h9,13-17,21,24,26-27,29-32,38-40H,2-3,8,10-12,18-19H2,1,4-7H3/b14-13+,16-15-/t21-,24+,26-,27+,29-,30+,31+,32-,33-,34-/m1/s1. The number of rotatable bonds is 14. The number of esters is 3. The fourth-order valence-electron chi connectivity index (χ4n) is 7.22. The number of unbranched alkanes of at least 4 members (excludes halogenated alkanes) is 3. The summed E-state index contributed by atoms with van der Waals surface area (Å²) in [6, 6.07) is 0. The van der Waals surface area contributed by atoms with Crippen LogP contribution in [0.5, 0.6) is 0 Å². The van der Waals surface area contributed by atoms with E-state index in [1.807, 2.05) is 13.0 Å². The third-order valence-corrected chi connectivity index (χ3v) is 9.66. The Morgan fingerprint density at radius 1 is 1.13 bits per heavy atom. The molecule has 1 saturated heterocycles. The van der Waals surface area contributed by atoms with Crippen LogP contribution in [0.4, 0.5) is 0 Å². The lowest BCUT2D eigenvalue weighted by Gasteiger charge is -2.62. The first-order chi connectivity index (χ1) is 21.3. The Morgan fingerprint density at radius 3 is 2.42 bits per heavy atom. The van der Waals surface area contributed by atoms with Crippen LogP contribution in [0.3, 0.4) is 0 Å². The highest BCUT2D eigenvalue weighted by Gasteiger charge is 2.73. The highest BCUT2D eigenvalue weighted by atomic mass is 17.1. The molecule has 1 saturated carbocycles. The third kappa shape index (κ3) is 7.49. The molecule has 0 unspecified atom stereocenters. The van der Waals surface area contributed by atoms with E-state index in [9.17, 15) is 29.9 Å². The number of allylic oxidation sites excluding steroid dienone is 3. The Kier molecular flexibility index (Phi) is 12.5. The van der Waals surface area contributed by atoms with Crippen LogP contribution in [0, 0.1) is 22.7 Å². The Hall–Kier alpha value is -3.09. The summed E-state index contributed by atoms with van der Waals surface area (Å²) in [5, 5.41) is 33.2. The van der Waals surface area contributed by atoms with E-state index in [2.05, 4.69) is 20.1 Å². The molecule has 3 aliphatic rings. The lowest BCUT2D eigenvalue weighted by atomic mass is 9.44. The molecule has 0 radical (unpaired) electrons. The first-order valence-corrected chi connectivity index (χ1v) is 15.5. The highest BCUT2D eigenvalue weighted by Crippen LogP contribution is 2.67. The van der Waals surface area contributed by atoms with Crippen LogP contribution < -0.4 is 0 Å². The predicted octanol–water partition coefficient (Wildman–Crippen LogP) is 4.70. The van der Waals surface area contributed by atoms with Gasteiger partial charge in [0.25, 0.3) is 0 Å². The molecule has 2 aliphatic carbocycles. The molecular formula is C34H48O11. The molecule has 250 valence electrons. The molecule has 45 heavy (non-hydrogen) atoms. The number of aliphatic hydroxyl groups is 2. The molecule has 3 N–H and O–H groups in total. The summed E-state index contributed by atoms with van der Waals surface area (Å²) in [5.74, 6) is -3.42. The molecule has 0 aromatic heterocycles. The van der Waals surface area contributed by atoms with E-state index < -0.39 is 77.6 Å². The van der Waals surface area contributed by atoms with E-state index in [0.717, 1.165) is 25.7 Å². The van der Waals surface area contributed by atoms with Gasteiger partial charge in [-0.25, -0.2) is 9.68 Å². The number of hydrogen-bond acceptors (Lipinski definition) is 11. The summed E-state index contributed by atoms with van der Waals surface area (Å²) >= 11 is 0. The van der Waals surface area contributed by atoms with E-state index in [0.29, 0.717) is 5.57 Å². The third-order valence-electron chi connectivity index (χ3n) is 9.66. The van der Waals surface area contributed by atoms with Gasteiger partial charge in [-0.15, -0.1) is 0 Å². The lowest BCUT2D eigenvalue weighted by molar-refractivity contribution is -0.297. The summed E-state index contributed by atoms with van der Waals surface area (Å²) in [4.78, 5) is 42.2. The average Bonchev–Trinajstić information content (AvgIpc) is 3.28. The topological polar surface area (TPSA) is 158 Å². The van der Waals surface area contributed by atoms with Crippen molar-refractivity contribution in [3.8, 4) is 0 Å². The largest absolute Gasteiger partial charge is 0.455 e. The van der Waals surface area contributed by atoms with Crippen molar-refractivity contribution in [3.63, 3.8) is 0 Å². The second kappa shape index (κ2) is 15.5. The first kappa shape index (κ1) is 36.4. The molecule has 0 aromatic rings. The van der Waals surface area contributed by atoms with Gasteiger partial charge in [0.05, 0.1) is 17.6 Å². The van der Waals surface area contributed by atoms with Crippen molar-refractivity contribution in [2.45, 2.75) is 110 Å². The Balaban J connectivity index is 2.12. The molecular weight excluding hydrogens is 584 g/mol. The highest BCUT2D eigenvalue weighted by molar-refractivity contribution is 5.82. The Morgan fingerprint density at radius 2 is 1.82 bits per heavy atom. The van der Waals surface area contributed by atoms with Crippen molar-refractivity contribution in [3.05, 3.63) is 60.8 Å². The van der Waals surface area contributed by atoms with Crippen molar-refractivity contribution in [2.75, 3.05) is 0 Å². The Bertz CT molecular complexity index is 1200. The summed E-state index contributed by atoms with van der Waals surface area (Å²) < 4.78 is 22.9. The van der Waals surface area contributed by atoms with Crippen LogP contribution in [0.2, 0.25) is 0 Å². The zero-order valence-electron chi connectivity index (χ0n) is 26.8. The molecule has 1 aliphatic heterocycles. The van der Waals surface area contributed by atoms with Gasteiger partial charge in [0, 0.05) is 25.5 Å². The van der Waals surface area contributed by atoms with Crippen molar-refractivity contribution >= 4 is 17.9 Å². The zero-order valence-corrected chi connectivity index (χ0v) is 26.8. The second-order valence-corrected chi connectivity index (χ2v) is 12.4.